The fourth-order valence-corrected chi connectivity index (χ4v) is 5.09. The first-order valence-corrected chi connectivity index (χ1v) is 13.2. The van der Waals surface area contributed by atoms with Gasteiger partial charge in [-0.25, -0.2) is 4.79 Å². The highest BCUT2D eigenvalue weighted by molar-refractivity contribution is 5.95. The lowest BCUT2D eigenvalue weighted by atomic mass is 10.0. The molecule has 42 heavy (non-hydrogen) atoms. The maximum Gasteiger partial charge on any atom is 0.330 e. The summed E-state index contributed by atoms with van der Waals surface area (Å²) in [7, 11) is 1.22. The maximum absolute atomic E-state index is 12.9. The highest BCUT2D eigenvalue weighted by atomic mass is 16.7. The van der Waals surface area contributed by atoms with Crippen molar-refractivity contribution in [2.24, 2.45) is 5.73 Å². The lowest BCUT2D eigenvalue weighted by Gasteiger charge is -2.33. The highest BCUT2D eigenvalue weighted by Gasteiger charge is 2.54. The van der Waals surface area contributed by atoms with Crippen molar-refractivity contribution in [3.8, 4) is 0 Å². The minimum atomic E-state index is -1.72. The van der Waals surface area contributed by atoms with Crippen molar-refractivity contribution < 1.29 is 48.0 Å². The van der Waals surface area contributed by atoms with Gasteiger partial charge in [-0.05, 0) is 32.3 Å². The summed E-state index contributed by atoms with van der Waals surface area (Å²) in [6.07, 6.45) is -5.82. The number of nitrogens with zero attached hydrogens (tertiary/aromatic N) is 1. The van der Waals surface area contributed by atoms with E-state index >= 15 is 0 Å². The lowest BCUT2D eigenvalue weighted by Crippen LogP contribution is -2.52. The summed E-state index contributed by atoms with van der Waals surface area (Å²) in [5.74, 6) is -2.42. The smallest absolute Gasteiger partial charge is 0.330 e. The van der Waals surface area contributed by atoms with E-state index in [9.17, 15) is 33.9 Å². The van der Waals surface area contributed by atoms with Crippen LogP contribution >= 0.6 is 0 Å². The minimum Gasteiger partial charge on any atom is -0.457 e. The predicted molar refractivity (Wildman–Crippen MR) is 138 cm³/mol. The Morgan fingerprint density at radius 1 is 1.26 bits per heavy atom. The van der Waals surface area contributed by atoms with Crippen molar-refractivity contribution in [2.75, 3.05) is 7.11 Å². The number of hydrogen-bond acceptors (Lipinski definition) is 12. The van der Waals surface area contributed by atoms with E-state index in [4.69, 9.17) is 29.4 Å². The van der Waals surface area contributed by atoms with Gasteiger partial charge in [-0.3, -0.25) is 33.5 Å². The molecule has 0 bridgehead atoms. The molecule has 0 aromatic carbocycles. The Balaban J connectivity index is 1.52. The Hall–Kier alpha value is -4.06. The van der Waals surface area contributed by atoms with Gasteiger partial charge in [-0.1, -0.05) is 0 Å². The Labute approximate surface area is 238 Å². The first-order chi connectivity index (χ1) is 20.0. The zero-order chi connectivity index (χ0) is 30.6. The molecule has 17 heteroatoms. The summed E-state index contributed by atoms with van der Waals surface area (Å²) in [6.45, 7) is 1.95. The quantitative estimate of drug-likeness (QED) is 0.170. The molecule has 0 unspecified atom stereocenters. The van der Waals surface area contributed by atoms with Gasteiger partial charge in [0.05, 0.1) is 0 Å². The molecule has 0 aliphatic carbocycles. The van der Waals surface area contributed by atoms with Gasteiger partial charge in [0.1, 0.15) is 24.4 Å². The monoisotopic (exact) mass is 595 g/mol. The SMILES string of the molecule is CO[C@H]1[C@@H](OC=O)[C@H](n2ccc(=O)[nH]c2=O)O[C@@H]1[C@@H](O[C@H]1OC(C(=O)N[C@H]2CCC[C@@H](C)NC2=O)=CC[C@@H]1O)C(N)=O. The van der Waals surface area contributed by atoms with E-state index in [-0.39, 0.29) is 30.6 Å². The van der Waals surface area contributed by atoms with Gasteiger partial charge >= 0.3 is 5.69 Å². The third-order valence-electron chi connectivity index (χ3n) is 7.16. The van der Waals surface area contributed by atoms with Gasteiger partial charge in [0, 0.05) is 31.8 Å². The van der Waals surface area contributed by atoms with Crippen molar-refractivity contribution in [1.82, 2.24) is 20.2 Å². The van der Waals surface area contributed by atoms with Crippen LogP contribution in [0.15, 0.2) is 33.7 Å². The molecule has 0 saturated carbocycles. The molecule has 2 fully saturated rings. The number of aromatic nitrogens is 2. The van der Waals surface area contributed by atoms with Gasteiger partial charge in [0.25, 0.3) is 17.9 Å². The molecule has 6 N–H and O–H groups in total. The largest absolute Gasteiger partial charge is 0.457 e. The number of aliphatic hydroxyl groups excluding tert-OH is 1. The Bertz CT molecular complexity index is 1330. The molecule has 9 atom stereocenters. The number of nitrogens with two attached hydrogens (primary N) is 1. The van der Waals surface area contributed by atoms with Crippen molar-refractivity contribution in [1.29, 1.82) is 0 Å². The number of aliphatic hydroxyl groups is 1. The molecule has 3 amide bonds. The number of methoxy groups -OCH3 is 1. The molecule has 0 radical (unpaired) electrons. The molecule has 17 nitrogen and oxygen atoms in total. The lowest BCUT2D eigenvalue weighted by molar-refractivity contribution is -0.228. The Kier molecular flexibility index (Phi) is 9.77. The molecule has 2 saturated heterocycles. The number of amides is 3. The molecular weight excluding hydrogens is 562 g/mol. The second kappa shape index (κ2) is 13.3. The maximum atomic E-state index is 12.9. The molecule has 0 spiro atoms. The zero-order valence-corrected chi connectivity index (χ0v) is 22.8. The fourth-order valence-electron chi connectivity index (χ4n) is 5.09. The second-order valence-electron chi connectivity index (χ2n) is 10.1. The molecular formula is C25H33N5O12. The van der Waals surface area contributed by atoms with Crippen LogP contribution in [0.5, 0.6) is 0 Å². The van der Waals surface area contributed by atoms with Gasteiger partial charge in [-0.15, -0.1) is 0 Å². The van der Waals surface area contributed by atoms with Gasteiger partial charge in [0.15, 0.2) is 24.2 Å². The van der Waals surface area contributed by atoms with Crippen LogP contribution < -0.4 is 27.6 Å². The highest BCUT2D eigenvalue weighted by Crippen LogP contribution is 2.35. The van der Waals surface area contributed by atoms with Crippen LogP contribution in [0, 0.1) is 0 Å². The minimum absolute atomic E-state index is 0.0316. The van der Waals surface area contributed by atoms with E-state index in [2.05, 4.69) is 10.6 Å². The van der Waals surface area contributed by atoms with Crippen molar-refractivity contribution >= 4 is 24.2 Å². The van der Waals surface area contributed by atoms with E-state index in [1.54, 1.807) is 0 Å². The van der Waals surface area contributed by atoms with Crippen LogP contribution in [0.4, 0.5) is 0 Å². The number of primary amides is 1. The third-order valence-corrected chi connectivity index (χ3v) is 7.16. The summed E-state index contributed by atoms with van der Waals surface area (Å²) in [4.78, 5) is 75.2. The Morgan fingerprint density at radius 3 is 2.69 bits per heavy atom. The molecule has 230 valence electrons. The number of H-pyrrole nitrogens is 1. The molecule has 1 aromatic heterocycles. The molecule has 4 heterocycles. The molecule has 1 aromatic rings. The summed E-state index contributed by atoms with van der Waals surface area (Å²) in [6, 6.07) is 0.203. The van der Waals surface area contributed by atoms with Crippen molar-refractivity contribution in [3.05, 3.63) is 44.9 Å². The summed E-state index contributed by atoms with van der Waals surface area (Å²) in [5.41, 5.74) is 4.02. The normalized spacial score (nSPS) is 32.0. The summed E-state index contributed by atoms with van der Waals surface area (Å²) >= 11 is 0. The van der Waals surface area contributed by atoms with E-state index in [0.29, 0.717) is 12.8 Å². The van der Waals surface area contributed by atoms with E-state index < -0.39 is 72.1 Å². The number of aromatic amines is 1. The summed E-state index contributed by atoms with van der Waals surface area (Å²) < 4.78 is 28.6. The zero-order valence-electron chi connectivity index (χ0n) is 22.8. The van der Waals surface area contributed by atoms with Crippen LogP contribution in [0.2, 0.25) is 0 Å². The van der Waals surface area contributed by atoms with Crippen LogP contribution in [0.25, 0.3) is 0 Å². The third kappa shape index (κ3) is 6.70. The number of hydrogen-bond donors (Lipinski definition) is 5. The first kappa shape index (κ1) is 30.9. The molecule has 3 aliphatic rings. The van der Waals surface area contributed by atoms with Crippen LogP contribution in [0.1, 0.15) is 38.8 Å². The van der Waals surface area contributed by atoms with Crippen LogP contribution in [0.3, 0.4) is 0 Å². The van der Waals surface area contributed by atoms with Crippen molar-refractivity contribution in [2.45, 2.75) is 87.7 Å². The predicted octanol–water partition coefficient (Wildman–Crippen LogP) is -2.97. The van der Waals surface area contributed by atoms with E-state index in [0.717, 1.165) is 23.3 Å². The van der Waals surface area contributed by atoms with E-state index in [1.165, 1.54) is 13.2 Å². The topological polar surface area (TPSA) is 240 Å². The fraction of sp³-hybridized carbons (Fsp3) is 0.600. The number of rotatable bonds is 10. The standard InChI is InChI=1S/C25H33N5O12/c1-11-4-3-5-12(21(35)27-11)28-22(36)14-7-6-13(32)24(40-14)42-18(20(26)34)17-16(38-2)19(39-10-31)23(41-17)30-9-8-15(33)29-25(30)37/h7-13,16-19,23-24,32H,3-6H2,1-2H3,(H2,26,34)(H,27,35)(H,28,36)(H,29,33,37)/t11-,12+,13+,16-,17+,18-,19-,23-,24-/m1/s1. The Morgan fingerprint density at radius 2 is 2.02 bits per heavy atom. The van der Waals surface area contributed by atoms with Gasteiger partial charge in [-0.2, -0.15) is 0 Å². The average molecular weight is 596 g/mol. The van der Waals surface area contributed by atoms with Crippen molar-refractivity contribution in [3.63, 3.8) is 0 Å². The van der Waals surface area contributed by atoms with Gasteiger partial charge < -0.3 is 45.2 Å². The van der Waals surface area contributed by atoms with Crippen LogP contribution in [-0.2, 0) is 42.9 Å². The number of carbonyl (C=O) groups is 4. The summed E-state index contributed by atoms with van der Waals surface area (Å²) in [5, 5.41) is 16.0. The molecule has 4 rings (SSSR count). The number of ether oxygens (including phenoxy) is 5. The second-order valence-corrected chi connectivity index (χ2v) is 10.1. The van der Waals surface area contributed by atoms with Gasteiger partial charge in [0.2, 0.25) is 18.1 Å². The average Bonchev–Trinajstić information content (AvgIpc) is 3.20. The number of nitrogens with one attached hydrogen (secondary N) is 3. The number of carbonyl (C=O) groups excluding carboxylic acids is 4. The van der Waals surface area contributed by atoms with Crippen LogP contribution in [-0.4, -0.2) is 94.9 Å². The van der Waals surface area contributed by atoms with E-state index in [1.807, 2.05) is 11.9 Å². The molecule has 3 aliphatic heterocycles. The first-order valence-electron chi connectivity index (χ1n) is 13.2.